The van der Waals surface area contributed by atoms with Crippen LogP contribution in [0, 0.1) is 0 Å². The minimum Gasteiger partial charge on any atom is -0.0845 e. The van der Waals surface area contributed by atoms with Crippen LogP contribution < -0.4 is 0 Å². The lowest BCUT2D eigenvalue weighted by Crippen LogP contribution is -1.81. The normalized spacial score (nSPS) is 11.9. The molecule has 0 atom stereocenters. The second kappa shape index (κ2) is 24.5. The highest BCUT2D eigenvalue weighted by molar-refractivity contribution is 5.02. The van der Waals surface area contributed by atoms with E-state index in [2.05, 4.69) is 38.2 Å². The fourth-order valence-electron chi connectivity index (χ4n) is 3.50. The molecule has 26 heavy (non-hydrogen) atoms. The number of hydrogen-bond donors (Lipinski definition) is 0. The van der Waals surface area contributed by atoms with Gasteiger partial charge < -0.3 is 0 Å². The largest absolute Gasteiger partial charge is 0.0845 e. The minimum atomic E-state index is 1.26. The molecule has 0 nitrogen and oxygen atoms in total. The molecule has 0 amide bonds. The van der Waals surface area contributed by atoms with E-state index in [1.165, 1.54) is 128 Å². The van der Waals surface area contributed by atoms with Crippen LogP contribution in [0.25, 0.3) is 0 Å². The van der Waals surface area contributed by atoms with E-state index in [1.54, 1.807) is 0 Å². The van der Waals surface area contributed by atoms with Crippen LogP contribution in [0.2, 0.25) is 0 Å². The van der Waals surface area contributed by atoms with Gasteiger partial charge in [0.1, 0.15) is 0 Å². The molecule has 0 N–H and O–H groups in total. The molecule has 0 rings (SSSR count). The lowest BCUT2D eigenvalue weighted by atomic mass is 10.1. The van der Waals surface area contributed by atoms with Crippen LogP contribution in [0.4, 0.5) is 0 Å². The average Bonchev–Trinajstić information content (AvgIpc) is 2.66. The third kappa shape index (κ3) is 23.5. The highest BCUT2D eigenvalue weighted by Gasteiger charge is 1.92. The predicted molar refractivity (Wildman–Crippen MR) is 122 cm³/mol. The predicted octanol–water partition coefficient (Wildman–Crippen LogP) is 9.94. The van der Waals surface area contributed by atoms with E-state index in [9.17, 15) is 0 Å². The first-order valence-corrected chi connectivity index (χ1v) is 12.2. The molecule has 0 heteroatoms. The fourth-order valence-corrected chi connectivity index (χ4v) is 3.50. The van der Waals surface area contributed by atoms with Crippen LogP contribution in [-0.4, -0.2) is 0 Å². The van der Waals surface area contributed by atoms with E-state index < -0.39 is 0 Å². The number of hydrogen-bond acceptors (Lipinski definition) is 0. The van der Waals surface area contributed by atoms with Gasteiger partial charge in [-0.15, -0.1) is 0 Å². The first-order chi connectivity index (χ1) is 12.9. The Balaban J connectivity index is 3.14. The van der Waals surface area contributed by atoms with Crippen LogP contribution in [0.15, 0.2) is 24.3 Å². The van der Waals surface area contributed by atoms with Gasteiger partial charge in [0.05, 0.1) is 0 Å². The lowest BCUT2D eigenvalue weighted by molar-refractivity contribution is 0.557. The molecule has 0 saturated carbocycles. The van der Waals surface area contributed by atoms with E-state index >= 15 is 0 Å². The Labute approximate surface area is 166 Å². The molecule has 0 unspecified atom stereocenters. The Morgan fingerprint density at radius 2 is 0.615 bits per heavy atom. The molecule has 0 aromatic rings. The number of allylic oxidation sites excluding steroid dienone is 4. The zero-order chi connectivity index (χ0) is 19.0. The summed E-state index contributed by atoms with van der Waals surface area (Å²) in [4.78, 5) is 0. The first kappa shape index (κ1) is 25.5. The van der Waals surface area contributed by atoms with Gasteiger partial charge in [0.15, 0.2) is 0 Å². The van der Waals surface area contributed by atoms with Gasteiger partial charge in [-0.1, -0.05) is 141 Å². The zero-order valence-electron chi connectivity index (χ0n) is 18.5. The molecule has 0 heterocycles. The molecule has 0 aromatic heterocycles. The summed E-state index contributed by atoms with van der Waals surface area (Å²) in [6.07, 6.45) is 37.4. The van der Waals surface area contributed by atoms with Crippen LogP contribution in [0.1, 0.15) is 142 Å². The van der Waals surface area contributed by atoms with Crippen LogP contribution in [0.3, 0.4) is 0 Å². The summed E-state index contributed by atoms with van der Waals surface area (Å²) in [6.45, 7) is 4.58. The van der Waals surface area contributed by atoms with Gasteiger partial charge >= 0.3 is 0 Å². The summed E-state index contributed by atoms with van der Waals surface area (Å²) >= 11 is 0. The van der Waals surface area contributed by atoms with Crippen molar-refractivity contribution in [1.29, 1.82) is 0 Å². The molecule has 0 radical (unpaired) electrons. The minimum absolute atomic E-state index is 1.26. The van der Waals surface area contributed by atoms with Crippen molar-refractivity contribution < 1.29 is 0 Å². The van der Waals surface area contributed by atoms with E-state index in [-0.39, 0.29) is 0 Å². The molecule has 154 valence electrons. The second-order valence-electron chi connectivity index (χ2n) is 8.09. The Bertz CT molecular complexity index is 286. The third-order valence-corrected chi connectivity index (χ3v) is 5.33. The molecule has 0 aliphatic carbocycles. The lowest BCUT2D eigenvalue weighted by Gasteiger charge is -2.01. The van der Waals surface area contributed by atoms with Crippen molar-refractivity contribution in [2.45, 2.75) is 142 Å². The molecule has 0 fully saturated rings. The quantitative estimate of drug-likeness (QED) is 0.141. The van der Waals surface area contributed by atoms with E-state index in [1.807, 2.05) is 0 Å². The van der Waals surface area contributed by atoms with Crippen molar-refractivity contribution in [2.75, 3.05) is 0 Å². The topological polar surface area (TPSA) is 0 Å². The Morgan fingerprint density at radius 3 is 0.923 bits per heavy atom. The van der Waals surface area contributed by atoms with Crippen LogP contribution >= 0.6 is 0 Å². The monoisotopic (exact) mass is 362 g/mol. The van der Waals surface area contributed by atoms with Crippen molar-refractivity contribution in [3.63, 3.8) is 0 Å². The summed E-state index contributed by atoms with van der Waals surface area (Å²) in [6, 6.07) is 0. The van der Waals surface area contributed by atoms with E-state index in [0.717, 1.165) is 0 Å². The van der Waals surface area contributed by atoms with Gasteiger partial charge in [-0.25, -0.2) is 0 Å². The number of unbranched alkanes of at least 4 members (excludes halogenated alkanes) is 18. The molecule has 0 aromatic carbocycles. The van der Waals surface area contributed by atoms with Crippen molar-refractivity contribution in [2.24, 2.45) is 0 Å². The van der Waals surface area contributed by atoms with Gasteiger partial charge in [0.25, 0.3) is 0 Å². The van der Waals surface area contributed by atoms with Gasteiger partial charge in [0.2, 0.25) is 0 Å². The van der Waals surface area contributed by atoms with Crippen LogP contribution in [0.5, 0.6) is 0 Å². The summed E-state index contributed by atoms with van der Waals surface area (Å²) in [5.74, 6) is 0. The number of rotatable bonds is 21. The van der Waals surface area contributed by atoms with Gasteiger partial charge in [-0.05, 0) is 25.7 Å². The maximum atomic E-state index is 2.36. The summed E-state index contributed by atoms with van der Waals surface area (Å²) in [5, 5.41) is 0. The van der Waals surface area contributed by atoms with Gasteiger partial charge in [0, 0.05) is 0 Å². The summed E-state index contributed by atoms with van der Waals surface area (Å²) < 4.78 is 0. The van der Waals surface area contributed by atoms with E-state index in [0.29, 0.717) is 0 Å². The maximum absolute atomic E-state index is 2.36. The van der Waals surface area contributed by atoms with Crippen molar-refractivity contribution in [3.8, 4) is 0 Å². The Kier molecular flexibility index (Phi) is 24.0. The molecule has 0 aliphatic rings. The van der Waals surface area contributed by atoms with E-state index in [4.69, 9.17) is 0 Å². The van der Waals surface area contributed by atoms with Crippen LogP contribution in [-0.2, 0) is 0 Å². The molecule has 0 saturated heterocycles. The standard InChI is InChI=1S/C26H50/c1-3-5-7-9-11-13-15-17-19-21-23-25-26-24-22-20-18-16-14-12-10-8-6-4-2/h21,23,25-26H,3-20,22,24H2,1-2H3. The molecule has 0 aliphatic heterocycles. The van der Waals surface area contributed by atoms with Crippen molar-refractivity contribution in [1.82, 2.24) is 0 Å². The molecular formula is C26H50. The first-order valence-electron chi connectivity index (χ1n) is 12.2. The van der Waals surface area contributed by atoms with Crippen molar-refractivity contribution >= 4 is 0 Å². The molecule has 0 spiro atoms. The molecular weight excluding hydrogens is 312 g/mol. The highest BCUT2D eigenvalue weighted by Crippen LogP contribution is 2.12. The third-order valence-electron chi connectivity index (χ3n) is 5.33. The summed E-state index contributed by atoms with van der Waals surface area (Å²) in [5.41, 5.74) is 0. The average molecular weight is 363 g/mol. The Morgan fingerprint density at radius 1 is 0.346 bits per heavy atom. The Hall–Kier alpha value is -0.520. The summed E-state index contributed by atoms with van der Waals surface area (Å²) in [7, 11) is 0. The maximum Gasteiger partial charge on any atom is -0.0348 e. The zero-order valence-corrected chi connectivity index (χ0v) is 18.5. The smallest absolute Gasteiger partial charge is 0.0348 e. The fraction of sp³-hybridized carbons (Fsp3) is 0.846. The van der Waals surface area contributed by atoms with Gasteiger partial charge in [-0.3, -0.25) is 0 Å². The second-order valence-corrected chi connectivity index (χ2v) is 8.09. The SMILES string of the molecule is CCCCCCCCCCC=CC=CCCCCCCCCCCCC. The van der Waals surface area contributed by atoms with Gasteiger partial charge in [-0.2, -0.15) is 0 Å². The highest BCUT2D eigenvalue weighted by atomic mass is 14.0. The molecule has 0 bridgehead atoms. The van der Waals surface area contributed by atoms with Crippen molar-refractivity contribution in [3.05, 3.63) is 24.3 Å².